The van der Waals surface area contributed by atoms with Crippen molar-refractivity contribution in [3.63, 3.8) is 0 Å². The lowest BCUT2D eigenvalue weighted by molar-refractivity contribution is -0.144. The van der Waals surface area contributed by atoms with Gasteiger partial charge in [0.05, 0.1) is 28.2 Å². The number of carbonyl (C=O) groups excluding carboxylic acids is 2. The van der Waals surface area contributed by atoms with Crippen LogP contribution >= 0.6 is 11.6 Å². The second kappa shape index (κ2) is 6.87. The van der Waals surface area contributed by atoms with Crippen LogP contribution in [0.25, 0.3) is 0 Å². The van der Waals surface area contributed by atoms with Crippen molar-refractivity contribution < 1.29 is 18.5 Å². The van der Waals surface area contributed by atoms with Crippen LogP contribution in [0.5, 0.6) is 0 Å². The molecule has 1 aliphatic rings. The highest BCUT2D eigenvalue weighted by atomic mass is 35.5. The van der Waals surface area contributed by atoms with Gasteiger partial charge in [-0.25, -0.2) is 0 Å². The molecule has 6 heteroatoms. The van der Waals surface area contributed by atoms with Gasteiger partial charge in [-0.1, -0.05) is 41.9 Å². The predicted molar refractivity (Wildman–Crippen MR) is 92.0 cm³/mol. The Bertz CT molecular complexity index is 832. The van der Waals surface area contributed by atoms with Gasteiger partial charge in [0.1, 0.15) is 0 Å². The second-order valence-electron chi connectivity index (χ2n) is 5.38. The summed E-state index contributed by atoms with van der Waals surface area (Å²) in [5.74, 6) is -1.23. The summed E-state index contributed by atoms with van der Waals surface area (Å²) < 4.78 is 17.6. The highest BCUT2D eigenvalue weighted by Gasteiger charge is 2.38. The van der Waals surface area contributed by atoms with Crippen molar-refractivity contribution >= 4 is 34.2 Å². The van der Waals surface area contributed by atoms with Crippen molar-refractivity contribution in [3.8, 4) is 0 Å². The zero-order valence-corrected chi connectivity index (χ0v) is 14.5. The topological polar surface area (TPSA) is 60.4 Å². The summed E-state index contributed by atoms with van der Waals surface area (Å²) >= 11 is 6.15. The van der Waals surface area contributed by atoms with Gasteiger partial charge in [0.15, 0.2) is 5.78 Å². The number of hydrogen-bond donors (Lipinski definition) is 0. The molecule has 124 valence electrons. The van der Waals surface area contributed by atoms with Crippen LogP contribution in [0, 0.1) is 0 Å². The van der Waals surface area contributed by atoms with E-state index < -0.39 is 22.7 Å². The number of rotatable bonds is 4. The number of hydrogen-bond acceptors (Lipinski definition) is 4. The summed E-state index contributed by atoms with van der Waals surface area (Å²) in [4.78, 5) is 25.3. The third-order valence-electron chi connectivity index (χ3n) is 3.86. The molecule has 0 bridgehead atoms. The summed E-state index contributed by atoms with van der Waals surface area (Å²) in [6.45, 7) is 1.96. The number of ether oxygens (including phenoxy) is 1. The minimum atomic E-state index is -1.45. The summed E-state index contributed by atoms with van der Waals surface area (Å²) in [6.07, 6.45) is 0. The lowest BCUT2D eigenvalue weighted by Crippen LogP contribution is -2.16. The van der Waals surface area contributed by atoms with E-state index in [1.54, 1.807) is 37.3 Å². The molecule has 0 radical (unpaired) electrons. The average Bonchev–Trinajstić information content (AvgIpc) is 2.91. The standard InChI is InChI=1S/C18H15ClO4S/c1-2-23-18(21)15-10-24(22)17-13(15)8-12(19)9-14(17)16(20)11-6-4-3-5-7-11/h3-9,15H,2,10H2,1H3/t15-,24+/m0/s1. The maximum absolute atomic E-state index is 12.8. The zero-order chi connectivity index (χ0) is 17.3. The van der Waals surface area contributed by atoms with Gasteiger partial charge in [-0.2, -0.15) is 0 Å². The third kappa shape index (κ3) is 3.01. The summed E-state index contributed by atoms with van der Waals surface area (Å²) in [5, 5.41) is 0.334. The van der Waals surface area contributed by atoms with Crippen molar-refractivity contribution in [3.05, 3.63) is 64.2 Å². The van der Waals surface area contributed by atoms with E-state index in [2.05, 4.69) is 0 Å². The normalized spacial score (nSPS) is 18.9. The smallest absolute Gasteiger partial charge is 0.314 e. The number of fused-ring (bicyclic) bond motifs is 1. The van der Waals surface area contributed by atoms with Crippen molar-refractivity contribution in [2.24, 2.45) is 0 Å². The van der Waals surface area contributed by atoms with E-state index in [1.165, 1.54) is 6.07 Å². The van der Waals surface area contributed by atoms with Gasteiger partial charge in [0.2, 0.25) is 0 Å². The third-order valence-corrected chi connectivity index (χ3v) is 5.62. The summed E-state index contributed by atoms with van der Waals surface area (Å²) in [5.41, 5.74) is 1.30. The Kier molecular flexibility index (Phi) is 4.83. The van der Waals surface area contributed by atoms with Crippen molar-refractivity contribution in [1.82, 2.24) is 0 Å². The molecule has 0 unspecified atom stereocenters. The highest BCUT2D eigenvalue weighted by Crippen LogP contribution is 2.38. The molecule has 0 N–H and O–H groups in total. The van der Waals surface area contributed by atoms with Crippen LogP contribution in [0.4, 0.5) is 0 Å². The molecule has 0 aliphatic carbocycles. The fourth-order valence-electron chi connectivity index (χ4n) is 2.80. The first kappa shape index (κ1) is 16.9. The molecule has 0 saturated heterocycles. The molecular weight excluding hydrogens is 348 g/mol. The Morgan fingerprint density at radius 3 is 2.62 bits per heavy atom. The molecule has 3 rings (SSSR count). The van der Waals surface area contributed by atoms with E-state index in [-0.39, 0.29) is 23.7 Å². The zero-order valence-electron chi connectivity index (χ0n) is 13.0. The minimum Gasteiger partial charge on any atom is -0.465 e. The predicted octanol–water partition coefficient (Wildman–Crippen LogP) is 3.34. The lowest BCUT2D eigenvalue weighted by atomic mass is 9.95. The molecule has 2 aromatic carbocycles. The summed E-state index contributed by atoms with van der Waals surface area (Å²) in [6, 6.07) is 11.8. The van der Waals surface area contributed by atoms with Gasteiger partial charge in [-0.15, -0.1) is 0 Å². The van der Waals surface area contributed by atoms with Crippen LogP contribution in [-0.4, -0.2) is 28.3 Å². The van der Waals surface area contributed by atoms with Crippen molar-refractivity contribution in [2.75, 3.05) is 12.4 Å². The Labute approximate surface area is 147 Å². The second-order valence-corrected chi connectivity index (χ2v) is 7.25. The van der Waals surface area contributed by atoms with Gasteiger partial charge in [0, 0.05) is 21.9 Å². The fraction of sp³-hybridized carbons (Fsp3) is 0.222. The van der Waals surface area contributed by atoms with Gasteiger partial charge < -0.3 is 4.74 Å². The largest absolute Gasteiger partial charge is 0.465 e. The van der Waals surface area contributed by atoms with E-state index in [4.69, 9.17) is 16.3 Å². The van der Waals surface area contributed by atoms with Gasteiger partial charge in [0.25, 0.3) is 0 Å². The number of esters is 1. The fourth-order valence-corrected chi connectivity index (χ4v) is 4.68. The highest BCUT2D eigenvalue weighted by molar-refractivity contribution is 7.85. The Hall–Kier alpha value is -1.98. The molecule has 0 spiro atoms. The lowest BCUT2D eigenvalue weighted by Gasteiger charge is -2.11. The molecule has 0 fully saturated rings. The van der Waals surface area contributed by atoms with Gasteiger partial charge in [-0.3, -0.25) is 13.8 Å². The van der Waals surface area contributed by atoms with E-state index in [0.717, 1.165) is 0 Å². The first-order valence-corrected chi connectivity index (χ1v) is 9.20. The number of ketones is 1. The van der Waals surface area contributed by atoms with Gasteiger partial charge >= 0.3 is 5.97 Å². The molecule has 2 atom stereocenters. The van der Waals surface area contributed by atoms with Crippen LogP contribution in [0.15, 0.2) is 47.4 Å². The minimum absolute atomic E-state index is 0.115. The van der Waals surface area contributed by atoms with Crippen LogP contribution < -0.4 is 0 Å². The maximum atomic E-state index is 12.8. The first-order chi connectivity index (χ1) is 11.5. The van der Waals surface area contributed by atoms with E-state index in [0.29, 0.717) is 21.0 Å². The van der Waals surface area contributed by atoms with Crippen LogP contribution in [-0.2, 0) is 20.3 Å². The van der Waals surface area contributed by atoms with Crippen LogP contribution in [0.1, 0.15) is 34.3 Å². The molecule has 1 aliphatic heterocycles. The van der Waals surface area contributed by atoms with Gasteiger partial charge in [-0.05, 0) is 24.6 Å². The molecule has 1 heterocycles. The summed E-state index contributed by atoms with van der Waals surface area (Å²) in [7, 11) is -1.45. The molecule has 2 aromatic rings. The molecular formula is C18H15ClO4S. The SMILES string of the molecule is CCOC(=O)[C@H]1C[S@@](=O)c2c(C(=O)c3ccccc3)cc(Cl)cc21. The van der Waals surface area contributed by atoms with Crippen molar-refractivity contribution in [1.29, 1.82) is 0 Å². The number of carbonyl (C=O) groups is 2. The van der Waals surface area contributed by atoms with E-state index in [1.807, 2.05) is 6.07 Å². The van der Waals surface area contributed by atoms with Crippen molar-refractivity contribution in [2.45, 2.75) is 17.7 Å². The first-order valence-electron chi connectivity index (χ1n) is 7.51. The Morgan fingerprint density at radius 2 is 1.96 bits per heavy atom. The number of halogens is 1. The molecule has 0 amide bonds. The molecule has 24 heavy (non-hydrogen) atoms. The number of benzene rings is 2. The van der Waals surface area contributed by atoms with Crippen LogP contribution in [0.3, 0.4) is 0 Å². The molecule has 0 saturated carbocycles. The maximum Gasteiger partial charge on any atom is 0.314 e. The molecule has 0 aromatic heterocycles. The Morgan fingerprint density at radius 1 is 1.25 bits per heavy atom. The molecule has 4 nitrogen and oxygen atoms in total. The average molecular weight is 363 g/mol. The van der Waals surface area contributed by atoms with E-state index in [9.17, 15) is 13.8 Å². The van der Waals surface area contributed by atoms with Crippen LogP contribution in [0.2, 0.25) is 5.02 Å². The monoisotopic (exact) mass is 362 g/mol. The van der Waals surface area contributed by atoms with E-state index >= 15 is 0 Å². The quantitative estimate of drug-likeness (QED) is 0.618. The Balaban J connectivity index is 2.11.